The van der Waals surface area contributed by atoms with Crippen LogP contribution in [0.15, 0.2) is 48.5 Å². The molecule has 1 atom stereocenters. The van der Waals surface area contributed by atoms with Crippen LogP contribution in [0.2, 0.25) is 0 Å². The van der Waals surface area contributed by atoms with Gasteiger partial charge < -0.3 is 5.32 Å². The number of nitrogens with one attached hydrogen (secondary N) is 2. The summed E-state index contributed by atoms with van der Waals surface area (Å²) >= 11 is 1.34. The van der Waals surface area contributed by atoms with Crippen LogP contribution in [0.5, 0.6) is 0 Å². The predicted octanol–water partition coefficient (Wildman–Crippen LogP) is 4.02. The van der Waals surface area contributed by atoms with E-state index in [1.807, 2.05) is 6.07 Å². The second-order valence-corrected chi connectivity index (χ2v) is 7.74. The fourth-order valence-electron chi connectivity index (χ4n) is 3.29. The number of benzene rings is 2. The maximum Gasteiger partial charge on any atom is 0.257 e. The summed E-state index contributed by atoms with van der Waals surface area (Å²) in [6.07, 6.45) is 1.24. The zero-order valence-corrected chi connectivity index (χ0v) is 16.1. The molecule has 1 aromatic heterocycles. The highest BCUT2D eigenvalue weighted by molar-refractivity contribution is 7.16. The molecule has 0 aliphatic heterocycles. The SMILES string of the molecule is O=C(Nc1nc2c(s1)CCC2C(=O)NCc1c(F)cccc1F)c1ccccc1. The molecular weight excluding hydrogens is 396 g/mol. The summed E-state index contributed by atoms with van der Waals surface area (Å²) < 4.78 is 27.5. The Morgan fingerprint density at radius 3 is 2.52 bits per heavy atom. The van der Waals surface area contributed by atoms with E-state index < -0.39 is 17.6 Å². The first-order chi connectivity index (χ1) is 14.0. The lowest BCUT2D eigenvalue weighted by molar-refractivity contribution is -0.122. The number of hydrogen-bond donors (Lipinski definition) is 2. The summed E-state index contributed by atoms with van der Waals surface area (Å²) in [5.41, 5.74) is 0.960. The van der Waals surface area contributed by atoms with Crippen molar-refractivity contribution in [3.8, 4) is 0 Å². The van der Waals surface area contributed by atoms with E-state index in [1.165, 1.54) is 17.4 Å². The van der Waals surface area contributed by atoms with E-state index >= 15 is 0 Å². The average Bonchev–Trinajstić information content (AvgIpc) is 3.28. The van der Waals surface area contributed by atoms with Crippen LogP contribution in [0, 0.1) is 11.6 Å². The molecule has 0 bridgehead atoms. The lowest BCUT2D eigenvalue weighted by Crippen LogP contribution is -2.29. The molecule has 1 unspecified atom stereocenters. The van der Waals surface area contributed by atoms with Gasteiger partial charge in [-0.25, -0.2) is 13.8 Å². The van der Waals surface area contributed by atoms with Crippen molar-refractivity contribution in [2.45, 2.75) is 25.3 Å². The van der Waals surface area contributed by atoms with Gasteiger partial charge in [-0.2, -0.15) is 0 Å². The second-order valence-electron chi connectivity index (χ2n) is 6.66. The van der Waals surface area contributed by atoms with Gasteiger partial charge in [-0.1, -0.05) is 24.3 Å². The Hall–Kier alpha value is -3.13. The van der Waals surface area contributed by atoms with Gasteiger partial charge in [0.15, 0.2) is 5.13 Å². The minimum Gasteiger partial charge on any atom is -0.351 e. The maximum atomic E-state index is 13.7. The van der Waals surface area contributed by atoms with Crippen LogP contribution in [-0.2, 0) is 17.8 Å². The normalized spacial score (nSPS) is 15.0. The fraction of sp³-hybridized carbons (Fsp3) is 0.190. The first-order valence-corrected chi connectivity index (χ1v) is 9.91. The number of amides is 2. The number of aryl methyl sites for hydroxylation is 1. The molecule has 29 heavy (non-hydrogen) atoms. The smallest absolute Gasteiger partial charge is 0.257 e. The molecule has 5 nitrogen and oxygen atoms in total. The van der Waals surface area contributed by atoms with E-state index in [0.717, 1.165) is 17.0 Å². The number of nitrogens with zero attached hydrogens (tertiary/aromatic N) is 1. The minimum atomic E-state index is -0.697. The van der Waals surface area contributed by atoms with Gasteiger partial charge in [0, 0.05) is 22.5 Å². The van der Waals surface area contributed by atoms with Crippen molar-refractivity contribution in [2.24, 2.45) is 0 Å². The number of carbonyl (C=O) groups is 2. The number of fused-ring (bicyclic) bond motifs is 1. The lowest BCUT2D eigenvalue weighted by atomic mass is 10.1. The van der Waals surface area contributed by atoms with Crippen LogP contribution < -0.4 is 10.6 Å². The molecule has 0 fully saturated rings. The highest BCUT2D eigenvalue weighted by Crippen LogP contribution is 2.38. The second kappa shape index (κ2) is 8.08. The Morgan fingerprint density at radius 2 is 1.79 bits per heavy atom. The number of halogens is 2. The van der Waals surface area contributed by atoms with Gasteiger partial charge >= 0.3 is 0 Å². The Labute approximate surface area is 169 Å². The zero-order valence-electron chi connectivity index (χ0n) is 15.2. The number of thiazole rings is 1. The Bertz CT molecular complexity index is 1050. The van der Waals surface area contributed by atoms with Crippen molar-refractivity contribution in [2.75, 3.05) is 5.32 Å². The summed E-state index contributed by atoms with van der Waals surface area (Å²) in [4.78, 5) is 30.2. The van der Waals surface area contributed by atoms with Crippen molar-refractivity contribution < 1.29 is 18.4 Å². The van der Waals surface area contributed by atoms with Gasteiger partial charge in [0.1, 0.15) is 11.6 Å². The summed E-state index contributed by atoms with van der Waals surface area (Å²) in [5.74, 6) is -2.50. The quantitative estimate of drug-likeness (QED) is 0.664. The molecule has 0 saturated carbocycles. The third-order valence-electron chi connectivity index (χ3n) is 4.79. The van der Waals surface area contributed by atoms with Crippen molar-refractivity contribution in [3.05, 3.63) is 81.9 Å². The highest BCUT2D eigenvalue weighted by atomic mass is 32.1. The van der Waals surface area contributed by atoms with Gasteiger partial charge in [-0.05, 0) is 37.1 Å². The molecule has 8 heteroatoms. The third kappa shape index (κ3) is 4.02. The van der Waals surface area contributed by atoms with Crippen molar-refractivity contribution in [1.82, 2.24) is 10.3 Å². The summed E-state index contributed by atoms with van der Waals surface area (Å²) in [7, 11) is 0. The largest absolute Gasteiger partial charge is 0.351 e. The Kier molecular flexibility index (Phi) is 5.35. The molecule has 3 aromatic rings. The van der Waals surface area contributed by atoms with Crippen LogP contribution in [0.25, 0.3) is 0 Å². The van der Waals surface area contributed by atoms with E-state index in [-0.39, 0.29) is 23.9 Å². The predicted molar refractivity (Wildman–Crippen MR) is 106 cm³/mol. The summed E-state index contributed by atoms with van der Waals surface area (Å²) in [5, 5.41) is 5.79. The van der Waals surface area contributed by atoms with Gasteiger partial charge in [-0.3, -0.25) is 14.9 Å². The van der Waals surface area contributed by atoms with E-state index in [4.69, 9.17) is 0 Å². The van der Waals surface area contributed by atoms with E-state index in [0.29, 0.717) is 29.2 Å². The topological polar surface area (TPSA) is 71.1 Å². The summed E-state index contributed by atoms with van der Waals surface area (Å²) in [6.45, 7) is -0.231. The molecular formula is C21H17F2N3O2S. The van der Waals surface area contributed by atoms with E-state index in [2.05, 4.69) is 15.6 Å². The molecule has 1 aliphatic carbocycles. The minimum absolute atomic E-state index is 0.173. The van der Waals surface area contributed by atoms with Gasteiger partial charge in [0.2, 0.25) is 5.91 Å². The standard InChI is InChI=1S/C21H17F2N3O2S/c22-15-7-4-8-16(23)14(15)11-24-20(28)13-9-10-17-18(13)25-21(29-17)26-19(27)12-5-2-1-3-6-12/h1-8,13H,9-11H2,(H,24,28)(H,25,26,27). The molecule has 2 amide bonds. The zero-order chi connectivity index (χ0) is 20.4. The monoisotopic (exact) mass is 413 g/mol. The molecule has 2 N–H and O–H groups in total. The molecule has 1 aliphatic rings. The molecule has 0 spiro atoms. The van der Waals surface area contributed by atoms with Crippen molar-refractivity contribution in [3.63, 3.8) is 0 Å². The third-order valence-corrected chi connectivity index (χ3v) is 5.84. The van der Waals surface area contributed by atoms with E-state index in [9.17, 15) is 18.4 Å². The van der Waals surface area contributed by atoms with Gasteiger partial charge in [0.05, 0.1) is 11.6 Å². The Morgan fingerprint density at radius 1 is 1.07 bits per heavy atom. The molecule has 148 valence electrons. The van der Waals surface area contributed by atoms with E-state index in [1.54, 1.807) is 24.3 Å². The first kappa shape index (κ1) is 19.2. The van der Waals surface area contributed by atoms with Crippen molar-refractivity contribution in [1.29, 1.82) is 0 Å². The van der Waals surface area contributed by atoms with Crippen LogP contribution in [0.3, 0.4) is 0 Å². The first-order valence-electron chi connectivity index (χ1n) is 9.09. The number of rotatable bonds is 5. The van der Waals surface area contributed by atoms with Crippen LogP contribution in [-0.4, -0.2) is 16.8 Å². The highest BCUT2D eigenvalue weighted by Gasteiger charge is 2.33. The molecule has 0 saturated heterocycles. The maximum absolute atomic E-state index is 13.7. The molecule has 0 radical (unpaired) electrons. The number of hydrogen-bond acceptors (Lipinski definition) is 4. The van der Waals surface area contributed by atoms with Crippen LogP contribution in [0.4, 0.5) is 13.9 Å². The molecule has 1 heterocycles. The van der Waals surface area contributed by atoms with Crippen LogP contribution >= 0.6 is 11.3 Å². The van der Waals surface area contributed by atoms with Gasteiger partial charge in [0.25, 0.3) is 5.91 Å². The Balaban J connectivity index is 1.43. The number of aromatic nitrogens is 1. The van der Waals surface area contributed by atoms with Crippen molar-refractivity contribution >= 4 is 28.3 Å². The number of anilines is 1. The fourth-order valence-corrected chi connectivity index (χ4v) is 4.33. The average molecular weight is 413 g/mol. The summed E-state index contributed by atoms with van der Waals surface area (Å²) in [6, 6.07) is 12.4. The van der Waals surface area contributed by atoms with Gasteiger partial charge in [-0.15, -0.1) is 11.3 Å². The number of carbonyl (C=O) groups excluding carboxylic acids is 2. The molecule has 4 rings (SSSR count). The lowest BCUT2D eigenvalue weighted by Gasteiger charge is -2.11. The molecule has 2 aromatic carbocycles. The van der Waals surface area contributed by atoms with Crippen LogP contribution in [0.1, 0.15) is 38.8 Å².